The van der Waals surface area contributed by atoms with Gasteiger partial charge in [0, 0.05) is 44.8 Å². The monoisotopic (exact) mass is 351 g/mol. The van der Waals surface area contributed by atoms with Crippen molar-refractivity contribution >= 4 is 17.3 Å². The fourth-order valence-corrected chi connectivity index (χ4v) is 3.69. The van der Waals surface area contributed by atoms with Gasteiger partial charge < -0.3 is 14.5 Å². The Morgan fingerprint density at radius 1 is 0.808 bits per heavy atom. The van der Waals surface area contributed by atoms with Gasteiger partial charge in [0.15, 0.2) is 0 Å². The van der Waals surface area contributed by atoms with Crippen molar-refractivity contribution in [3.05, 3.63) is 60.2 Å². The van der Waals surface area contributed by atoms with E-state index in [1.165, 1.54) is 0 Å². The molecule has 0 spiro atoms. The highest BCUT2D eigenvalue weighted by Gasteiger charge is 2.27. The lowest BCUT2D eigenvalue weighted by Crippen LogP contribution is -2.47. The molecule has 1 fully saturated rings. The standard InChI is InChI=1S/C21H25N3O2/c25-21(18-6-2-1-3-7-18)24-13-12-23(19-8-4-5-9-20(19)24)11-10-22-14-16-26-17-15-22/h1-9H,10-17H2. The Morgan fingerprint density at radius 2 is 1.50 bits per heavy atom. The summed E-state index contributed by atoms with van der Waals surface area (Å²) in [5.41, 5.74) is 2.90. The van der Waals surface area contributed by atoms with E-state index in [1.807, 2.05) is 41.3 Å². The van der Waals surface area contributed by atoms with Crippen LogP contribution in [-0.4, -0.2) is 63.3 Å². The Hall–Kier alpha value is -2.37. The van der Waals surface area contributed by atoms with Crippen LogP contribution in [0, 0.1) is 0 Å². The molecular weight excluding hydrogens is 326 g/mol. The van der Waals surface area contributed by atoms with Crippen LogP contribution in [-0.2, 0) is 4.74 Å². The third kappa shape index (κ3) is 3.59. The predicted octanol–water partition coefficient (Wildman–Crippen LogP) is 2.49. The topological polar surface area (TPSA) is 36.0 Å². The normalized spacial score (nSPS) is 17.8. The first-order valence-corrected chi connectivity index (χ1v) is 9.34. The zero-order chi connectivity index (χ0) is 17.8. The lowest BCUT2D eigenvalue weighted by molar-refractivity contribution is 0.0391. The maximum atomic E-state index is 13.0. The highest BCUT2D eigenvalue weighted by Crippen LogP contribution is 2.33. The summed E-state index contributed by atoms with van der Waals surface area (Å²) in [4.78, 5) is 19.7. The molecule has 0 aliphatic carbocycles. The van der Waals surface area contributed by atoms with Crippen LogP contribution in [0.3, 0.4) is 0 Å². The summed E-state index contributed by atoms with van der Waals surface area (Å²) < 4.78 is 5.43. The van der Waals surface area contributed by atoms with E-state index in [-0.39, 0.29) is 5.91 Å². The van der Waals surface area contributed by atoms with Crippen molar-refractivity contribution in [2.45, 2.75) is 0 Å². The molecule has 2 heterocycles. The van der Waals surface area contributed by atoms with Crippen LogP contribution in [0.4, 0.5) is 11.4 Å². The Balaban J connectivity index is 1.50. The summed E-state index contributed by atoms with van der Waals surface area (Å²) in [7, 11) is 0. The Morgan fingerprint density at radius 3 is 2.27 bits per heavy atom. The van der Waals surface area contributed by atoms with E-state index in [0.29, 0.717) is 6.54 Å². The van der Waals surface area contributed by atoms with Crippen LogP contribution >= 0.6 is 0 Å². The molecular formula is C21H25N3O2. The molecule has 0 radical (unpaired) electrons. The van der Waals surface area contributed by atoms with Gasteiger partial charge in [-0.2, -0.15) is 0 Å². The van der Waals surface area contributed by atoms with Crippen molar-refractivity contribution in [2.24, 2.45) is 0 Å². The van der Waals surface area contributed by atoms with Crippen LogP contribution in [0.1, 0.15) is 10.4 Å². The highest BCUT2D eigenvalue weighted by atomic mass is 16.5. The minimum Gasteiger partial charge on any atom is -0.379 e. The Labute approximate surface area is 154 Å². The number of ether oxygens (including phenoxy) is 1. The van der Waals surface area contributed by atoms with E-state index in [2.05, 4.69) is 28.0 Å². The molecule has 5 heteroatoms. The van der Waals surface area contributed by atoms with Gasteiger partial charge in [-0.05, 0) is 24.3 Å². The van der Waals surface area contributed by atoms with Gasteiger partial charge in [0.05, 0.1) is 24.6 Å². The summed E-state index contributed by atoms with van der Waals surface area (Å²) in [5.74, 6) is 0.0749. The van der Waals surface area contributed by atoms with Gasteiger partial charge in [-0.3, -0.25) is 9.69 Å². The molecule has 0 atom stereocenters. The molecule has 4 rings (SSSR count). The van der Waals surface area contributed by atoms with Crippen LogP contribution in [0.5, 0.6) is 0 Å². The van der Waals surface area contributed by atoms with E-state index >= 15 is 0 Å². The molecule has 0 saturated carbocycles. The number of benzene rings is 2. The summed E-state index contributed by atoms with van der Waals surface area (Å²) in [5, 5.41) is 0. The summed E-state index contributed by atoms with van der Waals surface area (Å²) >= 11 is 0. The average Bonchev–Trinajstić information content (AvgIpc) is 2.73. The zero-order valence-electron chi connectivity index (χ0n) is 15.0. The molecule has 2 aromatic carbocycles. The number of carbonyl (C=O) groups is 1. The first kappa shape index (κ1) is 17.1. The van der Waals surface area contributed by atoms with Crippen molar-refractivity contribution in [2.75, 3.05) is 62.3 Å². The van der Waals surface area contributed by atoms with Crippen molar-refractivity contribution in [1.82, 2.24) is 4.90 Å². The molecule has 0 N–H and O–H groups in total. The van der Waals surface area contributed by atoms with E-state index in [1.54, 1.807) is 0 Å². The molecule has 5 nitrogen and oxygen atoms in total. The predicted molar refractivity (Wildman–Crippen MR) is 104 cm³/mol. The number of fused-ring (bicyclic) bond motifs is 1. The fraction of sp³-hybridized carbons (Fsp3) is 0.381. The third-order valence-corrected chi connectivity index (χ3v) is 5.16. The molecule has 2 aliphatic rings. The minimum atomic E-state index is 0.0749. The number of para-hydroxylation sites is 2. The molecule has 0 unspecified atom stereocenters. The van der Waals surface area contributed by atoms with Crippen molar-refractivity contribution in [1.29, 1.82) is 0 Å². The zero-order valence-corrected chi connectivity index (χ0v) is 15.0. The molecule has 1 amide bonds. The van der Waals surface area contributed by atoms with Crippen molar-refractivity contribution in [3.8, 4) is 0 Å². The molecule has 2 aromatic rings. The van der Waals surface area contributed by atoms with Gasteiger partial charge in [0.1, 0.15) is 0 Å². The van der Waals surface area contributed by atoms with Crippen LogP contribution in [0.2, 0.25) is 0 Å². The quantitative estimate of drug-likeness (QED) is 0.848. The van der Waals surface area contributed by atoms with Gasteiger partial charge in [0.25, 0.3) is 5.91 Å². The van der Waals surface area contributed by atoms with Crippen LogP contribution in [0.25, 0.3) is 0 Å². The fourth-order valence-electron chi connectivity index (χ4n) is 3.69. The molecule has 0 bridgehead atoms. The number of hydrogen-bond donors (Lipinski definition) is 0. The van der Waals surface area contributed by atoms with Gasteiger partial charge in [0.2, 0.25) is 0 Å². The number of amides is 1. The lowest BCUT2D eigenvalue weighted by Gasteiger charge is -2.39. The van der Waals surface area contributed by atoms with Crippen molar-refractivity contribution in [3.63, 3.8) is 0 Å². The molecule has 26 heavy (non-hydrogen) atoms. The molecule has 2 aliphatic heterocycles. The van der Waals surface area contributed by atoms with Crippen LogP contribution < -0.4 is 9.80 Å². The molecule has 0 aromatic heterocycles. The van der Waals surface area contributed by atoms with Gasteiger partial charge in [-0.25, -0.2) is 0 Å². The van der Waals surface area contributed by atoms with E-state index < -0.39 is 0 Å². The number of hydrogen-bond acceptors (Lipinski definition) is 4. The second-order valence-corrected chi connectivity index (χ2v) is 6.75. The average molecular weight is 351 g/mol. The SMILES string of the molecule is O=C(c1ccccc1)N1CCN(CCN2CCOCC2)c2ccccc21. The maximum absolute atomic E-state index is 13.0. The Bertz CT molecular complexity index is 744. The van der Waals surface area contributed by atoms with Crippen LogP contribution in [0.15, 0.2) is 54.6 Å². The molecule has 1 saturated heterocycles. The van der Waals surface area contributed by atoms with E-state index in [0.717, 1.165) is 62.9 Å². The largest absolute Gasteiger partial charge is 0.379 e. The number of carbonyl (C=O) groups excluding carboxylic acids is 1. The van der Waals surface area contributed by atoms with Gasteiger partial charge in [-0.1, -0.05) is 30.3 Å². The summed E-state index contributed by atoms with van der Waals surface area (Å²) in [6.07, 6.45) is 0. The van der Waals surface area contributed by atoms with E-state index in [9.17, 15) is 4.79 Å². The Kier molecular flexibility index (Phi) is 5.18. The van der Waals surface area contributed by atoms with Gasteiger partial charge in [-0.15, -0.1) is 0 Å². The third-order valence-electron chi connectivity index (χ3n) is 5.16. The number of morpholine rings is 1. The van der Waals surface area contributed by atoms with Crippen molar-refractivity contribution < 1.29 is 9.53 Å². The maximum Gasteiger partial charge on any atom is 0.258 e. The molecule has 136 valence electrons. The number of anilines is 2. The first-order valence-electron chi connectivity index (χ1n) is 9.34. The van der Waals surface area contributed by atoms with Gasteiger partial charge >= 0.3 is 0 Å². The number of nitrogens with zero attached hydrogens (tertiary/aromatic N) is 3. The smallest absolute Gasteiger partial charge is 0.258 e. The minimum absolute atomic E-state index is 0.0749. The first-order chi connectivity index (χ1) is 12.8. The van der Waals surface area contributed by atoms with E-state index in [4.69, 9.17) is 4.74 Å². The second-order valence-electron chi connectivity index (χ2n) is 6.75. The summed E-state index contributed by atoms with van der Waals surface area (Å²) in [6.45, 7) is 7.26. The highest BCUT2D eigenvalue weighted by molar-refractivity contribution is 6.08. The lowest BCUT2D eigenvalue weighted by atomic mass is 10.1. The summed E-state index contributed by atoms with van der Waals surface area (Å²) in [6, 6.07) is 17.8. The second kappa shape index (κ2) is 7.89. The number of rotatable bonds is 4.